The van der Waals surface area contributed by atoms with Gasteiger partial charge in [-0.1, -0.05) is 188 Å². The highest BCUT2D eigenvalue weighted by Crippen LogP contribution is 2.41. The fourth-order valence-corrected chi connectivity index (χ4v) is 9.51. The first kappa shape index (κ1) is 36.4. The number of aromatic nitrogens is 2. The minimum absolute atomic E-state index is 0.712. The first-order valence-electron chi connectivity index (χ1n) is 20.6. The fraction of sp³-hybridized carbons (Fsp3) is 0. The van der Waals surface area contributed by atoms with E-state index < -0.39 is 0 Å². The molecule has 0 amide bonds. The molecule has 0 saturated carbocycles. The van der Waals surface area contributed by atoms with Gasteiger partial charge in [-0.05, 0) is 109 Å². The largest absolute Gasteiger partial charge is 0.226 e. The summed E-state index contributed by atoms with van der Waals surface area (Å²) in [6, 6.07) is 82.5. The van der Waals surface area contributed by atoms with Crippen molar-refractivity contribution in [3.8, 4) is 89.4 Å². The number of hydrogen-bond donors (Lipinski definition) is 0. The van der Waals surface area contributed by atoms with Crippen LogP contribution in [0.25, 0.3) is 110 Å². The van der Waals surface area contributed by atoms with Crippen molar-refractivity contribution in [1.82, 2.24) is 9.97 Å². The molecule has 3 heteroatoms. The summed E-state index contributed by atoms with van der Waals surface area (Å²) in [6.07, 6.45) is 0. The normalized spacial score (nSPS) is 11.3. The molecular formula is C58H38N2S. The van der Waals surface area contributed by atoms with Gasteiger partial charge in [0.15, 0.2) is 5.82 Å². The van der Waals surface area contributed by atoms with Crippen LogP contribution in [0.2, 0.25) is 0 Å². The standard InChI is InChI=1S/C58H38N2S/c1-4-15-39(16-5-1)42-29-31-43(32-30-42)44-21-12-23-46(33-44)51-36-50(41-19-8-3-9-20-41)37-52(38-51)47-24-14-26-49(35-47)58-59-55(57-56(60-58)53-27-10-11-28-54(53)61-57)48-25-13-22-45(34-48)40-17-6-2-7-18-40/h1-38H. The molecule has 11 rings (SSSR count). The Labute approximate surface area is 359 Å². The Balaban J connectivity index is 1.02. The Kier molecular flexibility index (Phi) is 9.42. The van der Waals surface area contributed by atoms with E-state index in [2.05, 4.69) is 231 Å². The molecule has 9 aromatic carbocycles. The maximum absolute atomic E-state index is 5.40. The van der Waals surface area contributed by atoms with Gasteiger partial charge in [0.25, 0.3) is 0 Å². The second-order valence-corrected chi connectivity index (χ2v) is 16.4. The fourth-order valence-electron chi connectivity index (χ4n) is 8.35. The van der Waals surface area contributed by atoms with Crippen LogP contribution in [0.1, 0.15) is 0 Å². The highest BCUT2D eigenvalue weighted by molar-refractivity contribution is 7.26. The van der Waals surface area contributed by atoms with Crippen LogP contribution in [-0.2, 0) is 0 Å². The van der Waals surface area contributed by atoms with Crippen LogP contribution < -0.4 is 0 Å². The quantitative estimate of drug-likeness (QED) is 0.153. The summed E-state index contributed by atoms with van der Waals surface area (Å²) in [5, 5.41) is 1.15. The Morgan fingerprint density at radius 3 is 1.21 bits per heavy atom. The molecule has 0 N–H and O–H groups in total. The van der Waals surface area contributed by atoms with Crippen LogP contribution in [0.3, 0.4) is 0 Å². The van der Waals surface area contributed by atoms with Crippen molar-refractivity contribution in [2.24, 2.45) is 0 Å². The Morgan fingerprint density at radius 2 is 0.623 bits per heavy atom. The Morgan fingerprint density at radius 1 is 0.262 bits per heavy atom. The van der Waals surface area contributed by atoms with E-state index in [4.69, 9.17) is 9.97 Å². The molecule has 0 aliphatic carbocycles. The van der Waals surface area contributed by atoms with Gasteiger partial charge in [-0.3, -0.25) is 0 Å². The van der Waals surface area contributed by atoms with E-state index in [1.165, 1.54) is 49.2 Å². The van der Waals surface area contributed by atoms with E-state index in [1.54, 1.807) is 11.3 Å². The first-order chi connectivity index (χ1) is 30.2. The molecule has 0 unspecified atom stereocenters. The van der Waals surface area contributed by atoms with Crippen LogP contribution in [-0.4, -0.2) is 9.97 Å². The maximum atomic E-state index is 5.40. The lowest BCUT2D eigenvalue weighted by Crippen LogP contribution is -1.94. The first-order valence-corrected chi connectivity index (χ1v) is 21.4. The summed E-state index contributed by atoms with van der Waals surface area (Å²) in [6.45, 7) is 0. The van der Waals surface area contributed by atoms with Gasteiger partial charge < -0.3 is 0 Å². The van der Waals surface area contributed by atoms with Gasteiger partial charge >= 0.3 is 0 Å². The Hall–Kier alpha value is -7.72. The number of fused-ring (bicyclic) bond motifs is 3. The number of thiophene rings is 1. The van der Waals surface area contributed by atoms with Crippen molar-refractivity contribution < 1.29 is 0 Å². The summed E-state index contributed by atoms with van der Waals surface area (Å²) in [4.78, 5) is 10.7. The average molecular weight is 795 g/mol. The zero-order chi connectivity index (χ0) is 40.5. The van der Waals surface area contributed by atoms with E-state index in [-0.39, 0.29) is 0 Å². The molecule has 0 spiro atoms. The minimum Gasteiger partial charge on any atom is -0.226 e. The van der Waals surface area contributed by atoms with Crippen LogP contribution in [0, 0.1) is 0 Å². The number of nitrogens with zero attached hydrogens (tertiary/aromatic N) is 2. The summed E-state index contributed by atoms with van der Waals surface area (Å²) in [5.74, 6) is 0.712. The van der Waals surface area contributed by atoms with Crippen LogP contribution in [0.15, 0.2) is 231 Å². The number of benzene rings is 9. The van der Waals surface area contributed by atoms with Crippen molar-refractivity contribution in [1.29, 1.82) is 0 Å². The maximum Gasteiger partial charge on any atom is 0.160 e. The zero-order valence-corrected chi connectivity index (χ0v) is 34.1. The van der Waals surface area contributed by atoms with E-state index in [0.717, 1.165) is 54.7 Å². The highest BCUT2D eigenvalue weighted by atomic mass is 32.1. The predicted molar refractivity (Wildman–Crippen MR) is 258 cm³/mol. The van der Waals surface area contributed by atoms with Crippen LogP contribution in [0.5, 0.6) is 0 Å². The Bertz CT molecular complexity index is 3330. The van der Waals surface area contributed by atoms with Crippen molar-refractivity contribution in [3.05, 3.63) is 231 Å². The van der Waals surface area contributed by atoms with Gasteiger partial charge in [0.2, 0.25) is 0 Å². The molecule has 0 saturated heterocycles. The van der Waals surface area contributed by atoms with Crippen molar-refractivity contribution >= 4 is 31.6 Å². The molecule has 2 aromatic heterocycles. The third-order valence-electron chi connectivity index (χ3n) is 11.5. The van der Waals surface area contributed by atoms with E-state index in [0.29, 0.717) is 5.82 Å². The highest BCUT2D eigenvalue weighted by Gasteiger charge is 2.18. The molecule has 0 radical (unpaired) electrons. The van der Waals surface area contributed by atoms with Crippen molar-refractivity contribution in [2.45, 2.75) is 0 Å². The van der Waals surface area contributed by atoms with Crippen LogP contribution in [0.4, 0.5) is 0 Å². The van der Waals surface area contributed by atoms with E-state index >= 15 is 0 Å². The summed E-state index contributed by atoms with van der Waals surface area (Å²) in [7, 11) is 0. The lowest BCUT2D eigenvalue weighted by Gasteiger charge is -2.14. The predicted octanol–water partition coefficient (Wildman–Crippen LogP) is 16.2. The smallest absolute Gasteiger partial charge is 0.160 e. The summed E-state index contributed by atoms with van der Waals surface area (Å²) in [5.41, 5.74) is 18.0. The average Bonchev–Trinajstić information content (AvgIpc) is 3.73. The van der Waals surface area contributed by atoms with Gasteiger partial charge in [-0.2, -0.15) is 0 Å². The molecular weight excluding hydrogens is 757 g/mol. The van der Waals surface area contributed by atoms with Gasteiger partial charge in [0.1, 0.15) is 0 Å². The van der Waals surface area contributed by atoms with Crippen molar-refractivity contribution in [3.63, 3.8) is 0 Å². The summed E-state index contributed by atoms with van der Waals surface area (Å²) < 4.78 is 2.30. The third-order valence-corrected chi connectivity index (χ3v) is 12.6. The molecule has 0 fully saturated rings. The van der Waals surface area contributed by atoms with Crippen molar-refractivity contribution in [2.75, 3.05) is 0 Å². The number of hydrogen-bond acceptors (Lipinski definition) is 3. The van der Waals surface area contributed by atoms with Gasteiger partial charge in [0, 0.05) is 21.2 Å². The van der Waals surface area contributed by atoms with E-state index in [9.17, 15) is 0 Å². The van der Waals surface area contributed by atoms with Gasteiger partial charge in [-0.25, -0.2) is 9.97 Å². The second-order valence-electron chi connectivity index (χ2n) is 15.4. The monoisotopic (exact) mass is 794 g/mol. The second kappa shape index (κ2) is 15.8. The topological polar surface area (TPSA) is 25.8 Å². The molecule has 2 nitrogen and oxygen atoms in total. The minimum atomic E-state index is 0.712. The molecule has 0 aliphatic heterocycles. The molecule has 0 aliphatic rings. The molecule has 2 heterocycles. The molecule has 0 atom stereocenters. The lowest BCUT2D eigenvalue weighted by atomic mass is 9.91. The molecule has 286 valence electrons. The molecule has 61 heavy (non-hydrogen) atoms. The van der Waals surface area contributed by atoms with Gasteiger partial charge in [-0.15, -0.1) is 11.3 Å². The van der Waals surface area contributed by atoms with Crippen LogP contribution >= 0.6 is 11.3 Å². The molecule has 0 bridgehead atoms. The molecule has 11 aromatic rings. The zero-order valence-electron chi connectivity index (χ0n) is 33.2. The summed E-state index contributed by atoms with van der Waals surface area (Å²) >= 11 is 1.76. The lowest BCUT2D eigenvalue weighted by molar-refractivity contribution is 1.24. The van der Waals surface area contributed by atoms with E-state index in [1.807, 2.05) is 0 Å². The SMILES string of the molecule is c1ccc(-c2ccc(-c3cccc(-c4cc(-c5ccccc5)cc(-c5cccc(-c6nc(-c7cccc(-c8ccccc8)c7)c7sc8ccccc8c7n6)c5)c4)c3)cc2)cc1. The number of rotatable bonds is 8. The van der Waals surface area contributed by atoms with Gasteiger partial charge in [0.05, 0.1) is 15.9 Å². The third kappa shape index (κ3) is 7.22.